The van der Waals surface area contributed by atoms with Crippen molar-refractivity contribution in [3.05, 3.63) is 0 Å². The van der Waals surface area contributed by atoms with E-state index in [1.54, 1.807) is 7.11 Å². The van der Waals surface area contributed by atoms with Gasteiger partial charge in [-0.05, 0) is 32.6 Å². The number of hydrogen-bond donors (Lipinski definition) is 2. The molecule has 4 nitrogen and oxygen atoms in total. The molecule has 0 aromatic heterocycles. The molecule has 1 atom stereocenters. The van der Waals surface area contributed by atoms with Crippen molar-refractivity contribution < 1.29 is 9.84 Å². The average Bonchev–Trinajstić information content (AvgIpc) is 3.14. The van der Waals surface area contributed by atoms with Crippen LogP contribution in [-0.2, 0) is 4.74 Å². The predicted molar refractivity (Wildman–Crippen MR) is 68.1 cm³/mol. The Morgan fingerprint density at radius 1 is 1.29 bits per heavy atom. The van der Waals surface area contributed by atoms with Crippen molar-refractivity contribution in [3.63, 3.8) is 0 Å². The van der Waals surface area contributed by atoms with Crippen LogP contribution < -0.4 is 5.32 Å². The summed E-state index contributed by atoms with van der Waals surface area (Å²) < 4.78 is 5.38. The first-order chi connectivity index (χ1) is 8.15. The van der Waals surface area contributed by atoms with Crippen LogP contribution in [0.2, 0.25) is 0 Å². The van der Waals surface area contributed by atoms with E-state index in [0.29, 0.717) is 12.1 Å². The lowest BCUT2D eigenvalue weighted by molar-refractivity contribution is 0.0265. The van der Waals surface area contributed by atoms with Crippen molar-refractivity contribution in [3.8, 4) is 0 Å². The van der Waals surface area contributed by atoms with E-state index < -0.39 is 0 Å². The van der Waals surface area contributed by atoms with Gasteiger partial charge in [-0.2, -0.15) is 0 Å². The van der Waals surface area contributed by atoms with Crippen LogP contribution in [0.25, 0.3) is 0 Å². The maximum atomic E-state index is 9.58. The van der Waals surface area contributed by atoms with Gasteiger partial charge in [0.1, 0.15) is 0 Å². The smallest absolute Gasteiger partial charge is 0.0623 e. The second kappa shape index (κ2) is 5.65. The van der Waals surface area contributed by atoms with Crippen molar-refractivity contribution in [2.24, 2.45) is 0 Å². The highest BCUT2D eigenvalue weighted by atomic mass is 16.5. The summed E-state index contributed by atoms with van der Waals surface area (Å²) >= 11 is 0. The van der Waals surface area contributed by atoms with E-state index in [1.807, 2.05) is 0 Å². The number of rotatable bonds is 6. The number of methoxy groups -OCH3 is 1. The predicted octanol–water partition coefficient (Wildman–Crippen LogP) is 0.600. The number of nitrogens with one attached hydrogen (secondary N) is 1. The Morgan fingerprint density at radius 2 is 1.94 bits per heavy atom. The molecule has 1 unspecified atom stereocenters. The normalized spacial score (nSPS) is 27.0. The molecule has 0 radical (unpaired) electrons. The van der Waals surface area contributed by atoms with Gasteiger partial charge in [0.05, 0.1) is 18.2 Å². The third-order valence-corrected chi connectivity index (χ3v) is 3.92. The Balaban J connectivity index is 1.78. The summed E-state index contributed by atoms with van der Waals surface area (Å²) in [5, 5.41) is 13.1. The molecule has 0 spiro atoms. The van der Waals surface area contributed by atoms with Gasteiger partial charge in [0.25, 0.3) is 0 Å². The van der Waals surface area contributed by atoms with Gasteiger partial charge in [-0.15, -0.1) is 0 Å². The lowest BCUT2D eigenvalue weighted by Crippen LogP contribution is -2.56. The molecule has 17 heavy (non-hydrogen) atoms. The summed E-state index contributed by atoms with van der Waals surface area (Å²) in [6.45, 7) is 5.46. The minimum Gasteiger partial charge on any atom is -0.394 e. The molecule has 2 aliphatic rings. The summed E-state index contributed by atoms with van der Waals surface area (Å²) in [7, 11) is 1.80. The maximum absolute atomic E-state index is 9.58. The van der Waals surface area contributed by atoms with E-state index in [-0.39, 0.29) is 12.1 Å². The molecule has 0 aromatic carbocycles. The van der Waals surface area contributed by atoms with Crippen LogP contribution in [0.15, 0.2) is 0 Å². The number of aliphatic hydroxyl groups is 1. The van der Waals surface area contributed by atoms with Crippen LogP contribution >= 0.6 is 0 Å². The third kappa shape index (κ3) is 3.91. The highest BCUT2D eigenvalue weighted by molar-refractivity contribution is 4.94. The van der Waals surface area contributed by atoms with E-state index in [9.17, 15) is 5.11 Å². The molecular weight excluding hydrogens is 216 g/mol. The lowest BCUT2D eigenvalue weighted by atomic mass is 10.00. The van der Waals surface area contributed by atoms with Crippen molar-refractivity contribution in [2.75, 3.05) is 33.4 Å². The maximum Gasteiger partial charge on any atom is 0.0623 e. The van der Waals surface area contributed by atoms with Gasteiger partial charge in [-0.1, -0.05) is 0 Å². The second-order valence-electron chi connectivity index (χ2n) is 5.85. The van der Waals surface area contributed by atoms with E-state index in [2.05, 4.69) is 17.1 Å². The minimum atomic E-state index is -0.138. The molecule has 2 N–H and O–H groups in total. The van der Waals surface area contributed by atoms with E-state index in [4.69, 9.17) is 4.74 Å². The Kier molecular flexibility index (Phi) is 4.42. The molecule has 0 amide bonds. The number of ether oxygens (including phenoxy) is 1. The highest BCUT2D eigenvalue weighted by Crippen LogP contribution is 2.23. The standard InChI is InChI=1S/C13H26N2O2/c1-13(10-16,14-11-3-4-11)9-15-7-5-12(17-2)6-8-15/h11-12,14,16H,3-10H2,1-2H3. The second-order valence-corrected chi connectivity index (χ2v) is 5.85. The van der Waals surface area contributed by atoms with Crippen LogP contribution in [-0.4, -0.2) is 61.0 Å². The molecule has 1 aliphatic carbocycles. The first-order valence-electron chi connectivity index (χ1n) is 6.79. The van der Waals surface area contributed by atoms with Gasteiger partial charge < -0.3 is 20.1 Å². The Bertz CT molecular complexity index is 238. The number of hydrogen-bond acceptors (Lipinski definition) is 4. The first kappa shape index (κ1) is 13.3. The molecule has 1 heterocycles. The van der Waals surface area contributed by atoms with Crippen LogP contribution in [0.5, 0.6) is 0 Å². The van der Waals surface area contributed by atoms with Gasteiger partial charge in [0.2, 0.25) is 0 Å². The fraction of sp³-hybridized carbons (Fsp3) is 1.00. The summed E-state index contributed by atoms with van der Waals surface area (Å²) in [4.78, 5) is 2.45. The van der Waals surface area contributed by atoms with Crippen molar-refractivity contribution >= 4 is 0 Å². The minimum absolute atomic E-state index is 0.138. The summed E-state index contributed by atoms with van der Waals surface area (Å²) in [6, 6.07) is 0.642. The Labute approximate surface area is 104 Å². The fourth-order valence-electron chi connectivity index (χ4n) is 2.66. The zero-order valence-electron chi connectivity index (χ0n) is 11.1. The van der Waals surface area contributed by atoms with E-state index in [0.717, 1.165) is 32.5 Å². The molecule has 2 fully saturated rings. The van der Waals surface area contributed by atoms with E-state index >= 15 is 0 Å². The summed E-state index contributed by atoms with van der Waals surface area (Å²) in [6.07, 6.45) is 5.19. The van der Waals surface area contributed by atoms with Crippen molar-refractivity contribution in [2.45, 2.75) is 50.3 Å². The van der Waals surface area contributed by atoms with Gasteiger partial charge >= 0.3 is 0 Å². The van der Waals surface area contributed by atoms with Crippen molar-refractivity contribution in [1.29, 1.82) is 0 Å². The quantitative estimate of drug-likeness (QED) is 0.716. The Hall–Kier alpha value is -0.160. The van der Waals surface area contributed by atoms with Gasteiger partial charge in [-0.3, -0.25) is 0 Å². The SMILES string of the molecule is COC1CCN(CC(C)(CO)NC2CC2)CC1. The highest BCUT2D eigenvalue weighted by Gasteiger charge is 2.34. The number of nitrogens with zero attached hydrogens (tertiary/aromatic N) is 1. The van der Waals surface area contributed by atoms with Crippen LogP contribution in [0.4, 0.5) is 0 Å². The average molecular weight is 242 g/mol. The molecule has 2 rings (SSSR count). The fourth-order valence-corrected chi connectivity index (χ4v) is 2.66. The zero-order chi connectivity index (χ0) is 12.3. The molecule has 1 saturated carbocycles. The number of aliphatic hydroxyl groups excluding tert-OH is 1. The molecule has 1 saturated heterocycles. The molecule has 0 aromatic rings. The van der Waals surface area contributed by atoms with Crippen molar-refractivity contribution in [1.82, 2.24) is 10.2 Å². The van der Waals surface area contributed by atoms with E-state index in [1.165, 1.54) is 12.8 Å². The van der Waals surface area contributed by atoms with Crippen LogP contribution in [0.1, 0.15) is 32.6 Å². The molecule has 100 valence electrons. The third-order valence-electron chi connectivity index (χ3n) is 3.92. The summed E-state index contributed by atoms with van der Waals surface area (Å²) in [5.41, 5.74) is -0.138. The van der Waals surface area contributed by atoms with Gasteiger partial charge in [0, 0.05) is 32.8 Å². The van der Waals surface area contributed by atoms with Crippen LogP contribution in [0, 0.1) is 0 Å². The molecular formula is C13H26N2O2. The molecule has 1 aliphatic heterocycles. The number of likely N-dealkylation sites (tertiary alicyclic amines) is 1. The molecule has 4 heteroatoms. The molecule has 0 bridgehead atoms. The van der Waals surface area contributed by atoms with Gasteiger partial charge in [0.15, 0.2) is 0 Å². The monoisotopic (exact) mass is 242 g/mol. The van der Waals surface area contributed by atoms with Crippen LogP contribution in [0.3, 0.4) is 0 Å². The topological polar surface area (TPSA) is 44.7 Å². The van der Waals surface area contributed by atoms with Gasteiger partial charge in [-0.25, -0.2) is 0 Å². The first-order valence-corrected chi connectivity index (χ1v) is 6.79. The number of piperidine rings is 1. The lowest BCUT2D eigenvalue weighted by Gasteiger charge is -2.38. The summed E-state index contributed by atoms with van der Waals surface area (Å²) in [5.74, 6) is 0. The largest absolute Gasteiger partial charge is 0.394 e. The zero-order valence-corrected chi connectivity index (χ0v) is 11.1. The Morgan fingerprint density at radius 3 is 2.41 bits per heavy atom.